The normalized spacial score (nSPS) is 15.2. The van der Waals surface area contributed by atoms with Crippen LogP contribution in [0.3, 0.4) is 0 Å². The van der Waals surface area contributed by atoms with Gasteiger partial charge >= 0.3 is 7.60 Å². The molecule has 0 bridgehead atoms. The van der Waals surface area contributed by atoms with E-state index in [1.807, 2.05) is 28.1 Å². The first-order chi connectivity index (χ1) is 15.8. The molecular weight excluding hydrogens is 429 g/mol. The number of unbranched alkanes of at least 4 members (excludes halogenated alkanes) is 16. The minimum atomic E-state index is -3.55. The van der Waals surface area contributed by atoms with Crippen LogP contribution in [0.15, 0.2) is 12.2 Å². The molecule has 198 valence electrons. The van der Waals surface area contributed by atoms with Gasteiger partial charge in [-0.15, -0.1) is 0 Å². The summed E-state index contributed by atoms with van der Waals surface area (Å²) in [5.41, 5.74) is 0. The summed E-state index contributed by atoms with van der Waals surface area (Å²) in [6.07, 6.45) is 28.9. The van der Waals surface area contributed by atoms with Crippen LogP contribution in [0.5, 0.6) is 0 Å². The summed E-state index contributed by atoms with van der Waals surface area (Å²) < 4.78 is 18.4. The molecular formula is C28H59NO3P+. The predicted octanol–water partition coefficient (Wildman–Crippen LogP) is 9.23. The van der Waals surface area contributed by atoms with E-state index in [1.54, 1.807) is 0 Å². The van der Waals surface area contributed by atoms with E-state index >= 15 is 0 Å². The number of nitrogens with zero attached hydrogens (tertiary/aromatic N) is 1. The van der Waals surface area contributed by atoms with Gasteiger partial charge in [0, 0.05) is 6.42 Å². The summed E-state index contributed by atoms with van der Waals surface area (Å²) in [5.74, 6) is -0.348. The summed E-state index contributed by atoms with van der Waals surface area (Å²) >= 11 is 0. The monoisotopic (exact) mass is 488 g/mol. The van der Waals surface area contributed by atoms with Crippen LogP contribution in [0.2, 0.25) is 0 Å². The highest BCUT2D eigenvalue weighted by atomic mass is 31.2. The van der Waals surface area contributed by atoms with Gasteiger partial charge in [-0.25, -0.2) is 0 Å². The van der Waals surface area contributed by atoms with E-state index in [1.165, 1.54) is 103 Å². The summed E-state index contributed by atoms with van der Waals surface area (Å²) in [4.78, 5) is 10.3. The second kappa shape index (κ2) is 21.2. The Morgan fingerprint density at radius 3 is 1.48 bits per heavy atom. The number of rotatable bonds is 24. The zero-order chi connectivity index (χ0) is 24.8. The summed E-state index contributed by atoms with van der Waals surface area (Å²) in [7, 11) is 2.31. The van der Waals surface area contributed by atoms with Crippen molar-refractivity contribution in [2.75, 3.05) is 27.7 Å². The molecule has 0 aromatic rings. The van der Waals surface area contributed by atoms with Crippen molar-refractivity contribution in [1.82, 2.24) is 0 Å². The Balaban J connectivity index is 3.41. The van der Waals surface area contributed by atoms with Crippen LogP contribution in [0.4, 0.5) is 0 Å². The molecule has 0 aromatic carbocycles. The molecule has 0 saturated carbocycles. The van der Waals surface area contributed by atoms with Crippen LogP contribution in [0, 0.1) is 0 Å². The average molecular weight is 489 g/mol. The first kappa shape index (κ1) is 32.8. The van der Waals surface area contributed by atoms with Gasteiger partial charge in [0.25, 0.3) is 0 Å². The lowest BCUT2D eigenvalue weighted by Gasteiger charge is -2.35. The number of hydrogen-bond donors (Lipinski definition) is 1. The molecule has 0 rings (SSSR count). The van der Waals surface area contributed by atoms with Crippen LogP contribution in [0.25, 0.3) is 0 Å². The Morgan fingerprint density at radius 2 is 1.09 bits per heavy atom. The van der Waals surface area contributed by atoms with Crippen molar-refractivity contribution >= 4 is 7.60 Å². The van der Waals surface area contributed by atoms with Gasteiger partial charge in [0.05, 0.1) is 27.7 Å². The smallest absolute Gasteiger partial charge is 0.320 e. The molecule has 0 aliphatic heterocycles. The van der Waals surface area contributed by atoms with Crippen LogP contribution in [-0.2, 0) is 9.09 Å². The molecule has 0 radical (unpaired) electrons. The Morgan fingerprint density at radius 1 is 0.697 bits per heavy atom. The Hall–Kier alpha value is -0.150. The van der Waals surface area contributed by atoms with Gasteiger partial charge in [-0.3, -0.25) is 4.57 Å². The first-order valence-corrected chi connectivity index (χ1v) is 15.8. The fourth-order valence-corrected chi connectivity index (χ4v) is 6.45. The maximum atomic E-state index is 12.5. The minimum Gasteiger partial charge on any atom is -0.320 e. The van der Waals surface area contributed by atoms with Crippen LogP contribution in [-0.4, -0.2) is 42.9 Å². The maximum Gasteiger partial charge on any atom is 0.385 e. The third-order valence-corrected chi connectivity index (χ3v) is 8.93. The van der Waals surface area contributed by atoms with E-state index < -0.39 is 7.60 Å². The second-order valence-corrected chi connectivity index (χ2v) is 12.7. The van der Waals surface area contributed by atoms with Crippen LogP contribution in [0.1, 0.15) is 136 Å². The van der Waals surface area contributed by atoms with Crippen molar-refractivity contribution in [3.8, 4) is 0 Å². The van der Waals surface area contributed by atoms with Crippen LogP contribution >= 0.6 is 7.60 Å². The first-order valence-electron chi connectivity index (χ1n) is 14.2. The highest BCUT2D eigenvalue weighted by Gasteiger charge is 2.41. The molecule has 4 nitrogen and oxygen atoms in total. The van der Waals surface area contributed by atoms with E-state index in [9.17, 15) is 9.46 Å². The molecule has 0 aliphatic rings. The van der Waals surface area contributed by atoms with Gasteiger partial charge in [-0.1, -0.05) is 109 Å². The summed E-state index contributed by atoms with van der Waals surface area (Å²) in [6, 6.07) is 0. The Kier molecular flexibility index (Phi) is 21.1. The van der Waals surface area contributed by atoms with Crippen LogP contribution < -0.4 is 0 Å². The van der Waals surface area contributed by atoms with Gasteiger partial charge in [-0.05, 0) is 32.1 Å². The van der Waals surface area contributed by atoms with E-state index in [4.69, 9.17) is 4.52 Å². The predicted molar refractivity (Wildman–Crippen MR) is 146 cm³/mol. The number of quaternary nitrogens is 1. The molecule has 0 saturated heterocycles. The molecule has 0 aliphatic carbocycles. The van der Waals surface area contributed by atoms with Gasteiger partial charge in [0.1, 0.15) is 0 Å². The van der Waals surface area contributed by atoms with E-state index in [-0.39, 0.29) is 5.78 Å². The molecule has 33 heavy (non-hydrogen) atoms. The lowest BCUT2D eigenvalue weighted by Crippen LogP contribution is -2.44. The largest absolute Gasteiger partial charge is 0.385 e. The fraction of sp³-hybridized carbons (Fsp3) is 0.929. The van der Waals surface area contributed by atoms with Gasteiger partial charge in [0.15, 0.2) is 5.78 Å². The van der Waals surface area contributed by atoms with Gasteiger partial charge < -0.3 is 13.9 Å². The Labute approximate surface area is 207 Å². The summed E-state index contributed by atoms with van der Waals surface area (Å²) in [6.45, 7) is 4.63. The SMILES string of the molecule is CCCCCCCC=CCCCCCCCCCCCCCOP(=O)(O)C(CC)[N+](C)(C)C. The molecule has 0 amide bonds. The molecule has 2 atom stereocenters. The highest BCUT2D eigenvalue weighted by molar-refractivity contribution is 7.53. The van der Waals surface area contributed by atoms with Gasteiger partial charge in [-0.2, -0.15) is 0 Å². The van der Waals surface area contributed by atoms with Crippen molar-refractivity contribution < 1.29 is 18.5 Å². The average Bonchev–Trinajstić information content (AvgIpc) is 2.74. The molecule has 0 heterocycles. The molecule has 5 heteroatoms. The van der Waals surface area contributed by atoms with Crippen molar-refractivity contribution in [3.05, 3.63) is 12.2 Å². The van der Waals surface area contributed by atoms with Crippen molar-refractivity contribution in [2.24, 2.45) is 0 Å². The lowest BCUT2D eigenvalue weighted by molar-refractivity contribution is -0.883. The van der Waals surface area contributed by atoms with E-state index in [0.717, 1.165) is 12.8 Å². The third kappa shape index (κ3) is 19.8. The lowest BCUT2D eigenvalue weighted by atomic mass is 10.0. The minimum absolute atomic E-state index is 0.348. The summed E-state index contributed by atoms with van der Waals surface area (Å²) in [5, 5.41) is 0. The third-order valence-electron chi connectivity index (χ3n) is 6.57. The van der Waals surface area contributed by atoms with Crippen molar-refractivity contribution in [3.63, 3.8) is 0 Å². The van der Waals surface area contributed by atoms with Crippen molar-refractivity contribution in [1.29, 1.82) is 0 Å². The standard InChI is InChI=1S/C28H58NO3P/c1-6-8-9-10-11-12-13-14-15-16-17-18-19-20-21-22-23-24-25-26-27-32-33(30,31)28(7-2)29(3,4)5/h13-14,28H,6-12,15-27H2,1-5H3/p+1. The zero-order valence-electron chi connectivity index (χ0n) is 23.0. The number of hydrogen-bond acceptors (Lipinski definition) is 2. The maximum absolute atomic E-state index is 12.5. The van der Waals surface area contributed by atoms with Crippen molar-refractivity contribution in [2.45, 2.75) is 142 Å². The zero-order valence-corrected chi connectivity index (χ0v) is 23.9. The molecule has 0 aromatic heterocycles. The Bertz CT molecular complexity index is 502. The quantitative estimate of drug-likeness (QED) is 0.0637. The second-order valence-electron chi connectivity index (χ2n) is 10.8. The number of allylic oxidation sites excluding steroid dienone is 2. The van der Waals surface area contributed by atoms with E-state index in [0.29, 0.717) is 17.5 Å². The molecule has 0 fully saturated rings. The topological polar surface area (TPSA) is 46.5 Å². The molecule has 2 unspecified atom stereocenters. The molecule has 0 spiro atoms. The molecule has 1 N–H and O–H groups in total. The fourth-order valence-electron chi connectivity index (χ4n) is 4.55. The van der Waals surface area contributed by atoms with Gasteiger partial charge in [0.2, 0.25) is 0 Å². The highest BCUT2D eigenvalue weighted by Crippen LogP contribution is 2.51. The van der Waals surface area contributed by atoms with E-state index in [2.05, 4.69) is 19.1 Å².